The number of carbonyl (C=O) groups is 1. The number of anilines is 1. The Labute approximate surface area is 192 Å². The van der Waals surface area contributed by atoms with E-state index >= 15 is 0 Å². The molecular formula is C25H27N5O3. The number of H-pyrrole nitrogens is 1. The molecule has 0 atom stereocenters. The Morgan fingerprint density at radius 2 is 1.88 bits per heavy atom. The fourth-order valence-electron chi connectivity index (χ4n) is 4.16. The van der Waals surface area contributed by atoms with Crippen molar-refractivity contribution >= 4 is 22.9 Å². The second-order valence-corrected chi connectivity index (χ2v) is 8.33. The van der Waals surface area contributed by atoms with E-state index in [1.807, 2.05) is 67.3 Å². The first-order chi connectivity index (χ1) is 16.1. The van der Waals surface area contributed by atoms with E-state index in [0.717, 1.165) is 60.1 Å². The van der Waals surface area contributed by atoms with Crippen molar-refractivity contribution in [2.45, 2.75) is 26.9 Å². The fraction of sp³-hybridized carbons (Fsp3) is 0.320. The predicted molar refractivity (Wildman–Crippen MR) is 126 cm³/mol. The topological polar surface area (TPSA) is 87.5 Å². The number of rotatable bonds is 5. The van der Waals surface area contributed by atoms with Crippen molar-refractivity contribution in [1.29, 1.82) is 0 Å². The zero-order valence-electron chi connectivity index (χ0n) is 18.9. The summed E-state index contributed by atoms with van der Waals surface area (Å²) in [7, 11) is 0. The molecule has 8 nitrogen and oxygen atoms in total. The summed E-state index contributed by atoms with van der Waals surface area (Å²) in [5, 5.41) is 3.95. The van der Waals surface area contributed by atoms with Crippen molar-refractivity contribution in [1.82, 2.24) is 20.0 Å². The molecule has 1 N–H and O–H groups in total. The molecule has 170 valence electrons. The number of hydrogen-bond donors (Lipinski definition) is 1. The van der Waals surface area contributed by atoms with Crippen molar-refractivity contribution in [2.24, 2.45) is 0 Å². The highest BCUT2D eigenvalue weighted by molar-refractivity contribution is 5.94. The van der Waals surface area contributed by atoms with Crippen LogP contribution in [0.1, 0.15) is 33.8 Å². The minimum absolute atomic E-state index is 0.0405. The van der Waals surface area contributed by atoms with Gasteiger partial charge in [-0.25, -0.2) is 4.98 Å². The molecular weight excluding hydrogens is 418 g/mol. The van der Waals surface area contributed by atoms with Crippen molar-refractivity contribution in [3.63, 3.8) is 0 Å². The van der Waals surface area contributed by atoms with Gasteiger partial charge in [0.1, 0.15) is 18.1 Å². The summed E-state index contributed by atoms with van der Waals surface area (Å²) in [5.41, 5.74) is 4.44. The number of aryl methyl sites for hydroxylation is 2. The molecule has 2 aromatic carbocycles. The average molecular weight is 446 g/mol. The first-order valence-corrected chi connectivity index (χ1v) is 11.2. The standard InChI is InChI=1S/C25H27N5O3/c1-17-21(18(2)33-28-17)16-32-20-10-8-19(9-11-20)24(31)29-12-5-13-30(15-14-29)25-26-22-6-3-4-7-23(22)27-25/h3-4,6-11H,5,12-16H2,1-2H3,(H,26,27). The summed E-state index contributed by atoms with van der Waals surface area (Å²) in [6.07, 6.45) is 0.890. The van der Waals surface area contributed by atoms with Crippen LogP contribution in [0.25, 0.3) is 11.0 Å². The number of amides is 1. The van der Waals surface area contributed by atoms with Gasteiger partial charge in [0.2, 0.25) is 5.95 Å². The first-order valence-electron chi connectivity index (χ1n) is 11.2. The molecule has 1 aliphatic rings. The number of imidazole rings is 1. The number of para-hydroxylation sites is 2. The van der Waals surface area contributed by atoms with Gasteiger partial charge in [-0.1, -0.05) is 17.3 Å². The van der Waals surface area contributed by atoms with E-state index in [4.69, 9.17) is 14.2 Å². The molecule has 8 heteroatoms. The lowest BCUT2D eigenvalue weighted by molar-refractivity contribution is 0.0767. The smallest absolute Gasteiger partial charge is 0.253 e. The summed E-state index contributed by atoms with van der Waals surface area (Å²) in [6, 6.07) is 15.3. The lowest BCUT2D eigenvalue weighted by Gasteiger charge is -2.22. The van der Waals surface area contributed by atoms with Crippen LogP contribution in [0, 0.1) is 13.8 Å². The van der Waals surface area contributed by atoms with E-state index in [0.29, 0.717) is 24.5 Å². The van der Waals surface area contributed by atoms with Crippen LogP contribution in [-0.4, -0.2) is 52.1 Å². The molecule has 0 aliphatic carbocycles. The van der Waals surface area contributed by atoms with Crippen molar-refractivity contribution in [3.05, 3.63) is 71.1 Å². The second-order valence-electron chi connectivity index (χ2n) is 8.33. The summed E-state index contributed by atoms with van der Waals surface area (Å²) < 4.78 is 11.0. The van der Waals surface area contributed by atoms with Crippen LogP contribution in [0.15, 0.2) is 53.1 Å². The molecule has 1 amide bonds. The molecule has 33 heavy (non-hydrogen) atoms. The van der Waals surface area contributed by atoms with Gasteiger partial charge in [-0.05, 0) is 56.7 Å². The third kappa shape index (κ3) is 4.41. The highest BCUT2D eigenvalue weighted by Crippen LogP contribution is 2.21. The quantitative estimate of drug-likeness (QED) is 0.498. The molecule has 5 rings (SSSR count). The van der Waals surface area contributed by atoms with Crippen LogP contribution in [-0.2, 0) is 6.61 Å². The summed E-state index contributed by atoms with van der Waals surface area (Å²) in [6.45, 7) is 7.13. The minimum Gasteiger partial charge on any atom is -0.489 e. The number of nitrogens with one attached hydrogen (secondary N) is 1. The van der Waals surface area contributed by atoms with Gasteiger partial charge in [0, 0.05) is 31.7 Å². The Morgan fingerprint density at radius 1 is 1.06 bits per heavy atom. The van der Waals surface area contributed by atoms with Crippen LogP contribution >= 0.6 is 0 Å². The molecule has 1 fully saturated rings. The van der Waals surface area contributed by atoms with E-state index < -0.39 is 0 Å². The number of fused-ring (bicyclic) bond motifs is 1. The Morgan fingerprint density at radius 3 is 2.64 bits per heavy atom. The number of aromatic amines is 1. The van der Waals surface area contributed by atoms with Crippen LogP contribution in [0.2, 0.25) is 0 Å². The summed E-state index contributed by atoms with van der Waals surface area (Å²) in [4.78, 5) is 25.3. The largest absolute Gasteiger partial charge is 0.489 e. The predicted octanol–water partition coefficient (Wildman–Crippen LogP) is 4.10. The third-order valence-electron chi connectivity index (χ3n) is 6.13. The highest BCUT2D eigenvalue weighted by atomic mass is 16.5. The van der Waals surface area contributed by atoms with Gasteiger partial charge in [0.05, 0.1) is 22.3 Å². The molecule has 1 aliphatic heterocycles. The number of carbonyl (C=O) groups excluding carboxylic acids is 1. The lowest BCUT2D eigenvalue weighted by atomic mass is 10.2. The van der Waals surface area contributed by atoms with Crippen LogP contribution in [0.5, 0.6) is 5.75 Å². The first kappa shape index (κ1) is 21.1. The molecule has 2 aromatic heterocycles. The zero-order valence-corrected chi connectivity index (χ0v) is 18.9. The van der Waals surface area contributed by atoms with Gasteiger partial charge < -0.3 is 24.0 Å². The van der Waals surface area contributed by atoms with E-state index in [1.54, 1.807) is 0 Å². The maximum absolute atomic E-state index is 13.1. The maximum atomic E-state index is 13.1. The molecule has 0 spiro atoms. The molecule has 1 saturated heterocycles. The normalized spacial score (nSPS) is 14.5. The summed E-state index contributed by atoms with van der Waals surface area (Å²) in [5.74, 6) is 2.37. The van der Waals surface area contributed by atoms with E-state index in [9.17, 15) is 4.79 Å². The van der Waals surface area contributed by atoms with Gasteiger partial charge >= 0.3 is 0 Å². The Bertz CT molecular complexity index is 1210. The van der Waals surface area contributed by atoms with Gasteiger partial charge in [0.25, 0.3) is 5.91 Å². The van der Waals surface area contributed by atoms with Gasteiger partial charge in [-0.2, -0.15) is 0 Å². The van der Waals surface area contributed by atoms with Crippen molar-refractivity contribution in [2.75, 3.05) is 31.1 Å². The zero-order chi connectivity index (χ0) is 22.8. The van der Waals surface area contributed by atoms with Crippen LogP contribution in [0.4, 0.5) is 5.95 Å². The van der Waals surface area contributed by atoms with Gasteiger partial charge in [0.15, 0.2) is 0 Å². The SMILES string of the molecule is Cc1noc(C)c1COc1ccc(C(=O)N2CCCN(c3nc4ccccc4[nH]3)CC2)cc1. The van der Waals surface area contributed by atoms with E-state index in [-0.39, 0.29) is 5.91 Å². The Hall–Kier alpha value is -3.81. The molecule has 0 radical (unpaired) electrons. The molecule has 0 unspecified atom stereocenters. The van der Waals surface area contributed by atoms with Crippen LogP contribution in [0.3, 0.4) is 0 Å². The number of hydrogen-bond acceptors (Lipinski definition) is 6. The molecule has 0 saturated carbocycles. The van der Waals surface area contributed by atoms with Crippen molar-refractivity contribution in [3.8, 4) is 5.75 Å². The Kier molecular flexibility index (Phi) is 5.73. The maximum Gasteiger partial charge on any atom is 0.253 e. The summed E-state index contributed by atoms with van der Waals surface area (Å²) >= 11 is 0. The Balaban J connectivity index is 1.20. The lowest BCUT2D eigenvalue weighted by Crippen LogP contribution is -2.35. The number of aromatic nitrogens is 3. The average Bonchev–Trinajstić information content (AvgIpc) is 3.30. The molecule has 3 heterocycles. The monoisotopic (exact) mass is 445 g/mol. The van der Waals surface area contributed by atoms with Crippen molar-refractivity contribution < 1.29 is 14.1 Å². The number of benzene rings is 2. The fourth-order valence-corrected chi connectivity index (χ4v) is 4.16. The minimum atomic E-state index is 0.0405. The van der Waals surface area contributed by atoms with Gasteiger partial charge in [-0.15, -0.1) is 0 Å². The van der Waals surface area contributed by atoms with E-state index in [2.05, 4.69) is 15.0 Å². The van der Waals surface area contributed by atoms with Gasteiger partial charge in [-0.3, -0.25) is 4.79 Å². The molecule has 4 aromatic rings. The molecule has 0 bridgehead atoms. The highest BCUT2D eigenvalue weighted by Gasteiger charge is 2.22. The number of nitrogens with zero attached hydrogens (tertiary/aromatic N) is 4. The van der Waals surface area contributed by atoms with E-state index in [1.165, 1.54) is 0 Å². The van der Waals surface area contributed by atoms with Crippen LogP contribution < -0.4 is 9.64 Å². The second kappa shape index (κ2) is 8.97. The number of ether oxygens (including phenoxy) is 1. The third-order valence-corrected chi connectivity index (χ3v) is 6.13.